The predicted octanol–water partition coefficient (Wildman–Crippen LogP) is -0.185. The molecule has 0 bridgehead atoms. The first-order chi connectivity index (χ1) is 6.09. The molecule has 0 radical (unpaired) electrons. The van der Waals surface area contributed by atoms with Crippen molar-refractivity contribution in [1.29, 1.82) is 0 Å². The molecular formula is C9H15N3O. The van der Waals surface area contributed by atoms with Gasteiger partial charge in [0.2, 0.25) is 0 Å². The lowest BCUT2D eigenvalue weighted by molar-refractivity contribution is -0.0474. The van der Waals surface area contributed by atoms with Crippen LogP contribution in [0.25, 0.3) is 0 Å². The average molecular weight is 181 g/mol. The van der Waals surface area contributed by atoms with Gasteiger partial charge in [-0.2, -0.15) is 0 Å². The maximum absolute atomic E-state index is 9.94. The van der Waals surface area contributed by atoms with Crippen molar-refractivity contribution in [3.8, 4) is 0 Å². The molecule has 1 aliphatic carbocycles. The van der Waals surface area contributed by atoms with Gasteiger partial charge in [-0.25, -0.2) is 4.98 Å². The summed E-state index contributed by atoms with van der Waals surface area (Å²) in [5, 5.41) is 9.94. The molecule has 72 valence electrons. The normalized spacial score (nSPS) is 33.0. The van der Waals surface area contributed by atoms with Gasteiger partial charge in [-0.15, -0.1) is 0 Å². The topological polar surface area (TPSA) is 64.1 Å². The maximum atomic E-state index is 9.94. The van der Waals surface area contributed by atoms with Crippen LogP contribution in [0.2, 0.25) is 0 Å². The molecule has 0 unspecified atom stereocenters. The Hall–Kier alpha value is -0.870. The standard InChI is InChI=1S/C9H15N3O/c1-12-3-2-11-8(12)6-9(13)4-7(10)5-9/h2-3,7,13H,4-6,10H2,1H3. The Bertz CT molecular complexity index is 302. The van der Waals surface area contributed by atoms with Crippen LogP contribution >= 0.6 is 0 Å². The minimum absolute atomic E-state index is 0.172. The molecule has 1 fully saturated rings. The molecule has 0 amide bonds. The number of nitrogens with two attached hydrogens (primary N) is 1. The van der Waals surface area contributed by atoms with E-state index in [0.717, 1.165) is 5.82 Å². The zero-order chi connectivity index (χ0) is 9.47. The number of aromatic nitrogens is 2. The van der Waals surface area contributed by atoms with Gasteiger partial charge in [-0.1, -0.05) is 0 Å². The summed E-state index contributed by atoms with van der Waals surface area (Å²) in [4.78, 5) is 4.17. The van der Waals surface area contributed by atoms with Gasteiger partial charge in [0, 0.05) is 31.9 Å². The summed E-state index contributed by atoms with van der Waals surface area (Å²) >= 11 is 0. The zero-order valence-electron chi connectivity index (χ0n) is 7.77. The highest BCUT2D eigenvalue weighted by Crippen LogP contribution is 2.33. The van der Waals surface area contributed by atoms with Crippen LogP contribution in [0, 0.1) is 0 Å². The molecule has 1 aromatic rings. The lowest BCUT2D eigenvalue weighted by atomic mass is 9.74. The Balaban J connectivity index is 2.03. The Labute approximate surface area is 77.4 Å². The summed E-state index contributed by atoms with van der Waals surface area (Å²) < 4.78 is 1.93. The van der Waals surface area contributed by atoms with E-state index in [0.29, 0.717) is 19.3 Å². The van der Waals surface area contributed by atoms with Crippen molar-refractivity contribution in [2.24, 2.45) is 12.8 Å². The largest absolute Gasteiger partial charge is 0.389 e. The van der Waals surface area contributed by atoms with Crippen molar-refractivity contribution in [1.82, 2.24) is 9.55 Å². The Morgan fingerprint density at radius 2 is 2.46 bits per heavy atom. The summed E-state index contributed by atoms with van der Waals surface area (Å²) in [6.45, 7) is 0. The summed E-state index contributed by atoms with van der Waals surface area (Å²) in [6.07, 6.45) is 5.64. The fourth-order valence-electron chi connectivity index (χ4n) is 1.92. The first-order valence-electron chi connectivity index (χ1n) is 4.53. The molecule has 1 aliphatic rings. The van der Waals surface area contributed by atoms with Crippen molar-refractivity contribution in [2.75, 3.05) is 0 Å². The van der Waals surface area contributed by atoms with Crippen LogP contribution in [0.5, 0.6) is 0 Å². The van der Waals surface area contributed by atoms with Crippen LogP contribution in [0.15, 0.2) is 12.4 Å². The fourth-order valence-corrected chi connectivity index (χ4v) is 1.92. The highest BCUT2D eigenvalue weighted by Gasteiger charge is 2.41. The molecule has 0 spiro atoms. The first kappa shape index (κ1) is 8.72. The third-order valence-corrected chi connectivity index (χ3v) is 2.69. The van der Waals surface area contributed by atoms with Gasteiger partial charge in [0.25, 0.3) is 0 Å². The van der Waals surface area contributed by atoms with Crippen LogP contribution in [0.1, 0.15) is 18.7 Å². The molecule has 0 saturated heterocycles. The minimum Gasteiger partial charge on any atom is -0.389 e. The van der Waals surface area contributed by atoms with E-state index in [9.17, 15) is 5.11 Å². The quantitative estimate of drug-likeness (QED) is 0.665. The van der Waals surface area contributed by atoms with Crippen LogP contribution in [-0.4, -0.2) is 26.3 Å². The van der Waals surface area contributed by atoms with Gasteiger partial charge in [-0.3, -0.25) is 0 Å². The second-order valence-corrected chi connectivity index (χ2v) is 4.02. The number of aliphatic hydroxyl groups is 1. The van der Waals surface area contributed by atoms with E-state index < -0.39 is 5.60 Å². The molecular weight excluding hydrogens is 166 g/mol. The van der Waals surface area contributed by atoms with E-state index >= 15 is 0 Å². The van der Waals surface area contributed by atoms with Crippen molar-refractivity contribution in [2.45, 2.75) is 30.9 Å². The number of aryl methyl sites for hydroxylation is 1. The number of rotatable bonds is 2. The molecule has 13 heavy (non-hydrogen) atoms. The minimum atomic E-state index is -0.599. The van der Waals surface area contributed by atoms with Gasteiger partial charge in [0.15, 0.2) is 0 Å². The fraction of sp³-hybridized carbons (Fsp3) is 0.667. The van der Waals surface area contributed by atoms with E-state index in [-0.39, 0.29) is 6.04 Å². The van der Waals surface area contributed by atoms with Crippen LogP contribution in [0.3, 0.4) is 0 Å². The van der Waals surface area contributed by atoms with E-state index in [1.165, 1.54) is 0 Å². The molecule has 1 aromatic heterocycles. The molecule has 4 heteroatoms. The van der Waals surface area contributed by atoms with Crippen molar-refractivity contribution in [3.05, 3.63) is 18.2 Å². The third-order valence-electron chi connectivity index (χ3n) is 2.69. The highest BCUT2D eigenvalue weighted by molar-refractivity contribution is 5.05. The molecule has 0 aromatic carbocycles. The second kappa shape index (κ2) is 2.82. The zero-order valence-corrected chi connectivity index (χ0v) is 7.77. The Morgan fingerprint density at radius 1 is 1.77 bits per heavy atom. The summed E-state index contributed by atoms with van der Waals surface area (Å²) in [5.74, 6) is 0.925. The Morgan fingerprint density at radius 3 is 2.92 bits per heavy atom. The monoisotopic (exact) mass is 181 g/mol. The number of nitrogens with zero attached hydrogens (tertiary/aromatic N) is 2. The summed E-state index contributed by atoms with van der Waals surface area (Å²) in [7, 11) is 1.93. The SMILES string of the molecule is Cn1ccnc1CC1(O)CC(N)C1. The molecule has 3 N–H and O–H groups in total. The number of hydrogen-bond donors (Lipinski definition) is 2. The van der Waals surface area contributed by atoms with E-state index in [1.54, 1.807) is 6.20 Å². The molecule has 1 heterocycles. The molecule has 4 nitrogen and oxygen atoms in total. The van der Waals surface area contributed by atoms with E-state index in [4.69, 9.17) is 5.73 Å². The lowest BCUT2D eigenvalue weighted by Gasteiger charge is -2.41. The molecule has 2 rings (SSSR count). The van der Waals surface area contributed by atoms with E-state index in [1.807, 2.05) is 17.8 Å². The molecule has 0 aliphatic heterocycles. The number of hydrogen-bond acceptors (Lipinski definition) is 3. The second-order valence-electron chi connectivity index (χ2n) is 4.02. The van der Waals surface area contributed by atoms with Gasteiger partial charge in [0.1, 0.15) is 5.82 Å². The third kappa shape index (κ3) is 1.59. The van der Waals surface area contributed by atoms with Crippen molar-refractivity contribution in [3.63, 3.8) is 0 Å². The lowest BCUT2D eigenvalue weighted by Crippen LogP contribution is -2.53. The van der Waals surface area contributed by atoms with Crippen molar-refractivity contribution < 1.29 is 5.11 Å². The Kier molecular flexibility index (Phi) is 1.89. The molecule has 0 atom stereocenters. The predicted molar refractivity (Wildman–Crippen MR) is 49.1 cm³/mol. The summed E-state index contributed by atoms with van der Waals surface area (Å²) in [6, 6.07) is 0.172. The van der Waals surface area contributed by atoms with Gasteiger partial charge in [-0.05, 0) is 12.8 Å². The number of imidazole rings is 1. The highest BCUT2D eigenvalue weighted by atomic mass is 16.3. The van der Waals surface area contributed by atoms with Crippen molar-refractivity contribution >= 4 is 0 Å². The first-order valence-corrected chi connectivity index (χ1v) is 4.53. The van der Waals surface area contributed by atoms with Gasteiger partial charge in [0.05, 0.1) is 5.60 Å². The molecule has 1 saturated carbocycles. The van der Waals surface area contributed by atoms with Crippen LogP contribution in [0.4, 0.5) is 0 Å². The average Bonchev–Trinajstić information content (AvgIpc) is 2.33. The van der Waals surface area contributed by atoms with Gasteiger partial charge < -0.3 is 15.4 Å². The smallest absolute Gasteiger partial charge is 0.111 e. The summed E-state index contributed by atoms with van der Waals surface area (Å²) in [5.41, 5.74) is 5.04. The maximum Gasteiger partial charge on any atom is 0.111 e. The van der Waals surface area contributed by atoms with Gasteiger partial charge >= 0.3 is 0 Å². The van der Waals surface area contributed by atoms with Crippen LogP contribution in [-0.2, 0) is 13.5 Å². The van der Waals surface area contributed by atoms with Crippen LogP contribution < -0.4 is 5.73 Å². The van der Waals surface area contributed by atoms with E-state index in [2.05, 4.69) is 4.98 Å².